The smallest absolute Gasteiger partial charge is 0.255 e. The van der Waals surface area contributed by atoms with Crippen LogP contribution in [0, 0.1) is 13.8 Å². The summed E-state index contributed by atoms with van der Waals surface area (Å²) in [6.45, 7) is 3.72. The number of thioether (sulfide) groups is 1. The molecule has 1 atom stereocenters. The highest BCUT2D eigenvalue weighted by Gasteiger charge is 2.31. The Kier molecular flexibility index (Phi) is 6.09. The zero-order valence-corrected chi connectivity index (χ0v) is 18.9. The van der Waals surface area contributed by atoms with E-state index in [-0.39, 0.29) is 17.8 Å². The quantitative estimate of drug-likeness (QED) is 0.595. The second-order valence-electron chi connectivity index (χ2n) is 7.45. The van der Waals surface area contributed by atoms with Gasteiger partial charge < -0.3 is 20.5 Å². The van der Waals surface area contributed by atoms with Crippen LogP contribution in [0.2, 0.25) is 0 Å². The minimum absolute atomic E-state index is 0.0816. The number of ether oxygens (including phenoxy) is 2. The summed E-state index contributed by atoms with van der Waals surface area (Å²) in [5.41, 5.74) is 9.85. The molecule has 1 aliphatic rings. The summed E-state index contributed by atoms with van der Waals surface area (Å²) in [6, 6.07) is 13.4. The highest BCUT2D eigenvalue weighted by molar-refractivity contribution is 8.00. The number of para-hydroxylation sites is 1. The van der Waals surface area contributed by atoms with Crippen molar-refractivity contribution in [2.24, 2.45) is 5.73 Å². The van der Waals surface area contributed by atoms with Crippen molar-refractivity contribution in [3.05, 3.63) is 64.8 Å². The summed E-state index contributed by atoms with van der Waals surface area (Å²) < 4.78 is 12.7. The molecular formula is C23H24N4O4S. The number of anilines is 1. The number of hydrogen-bond acceptors (Lipinski definition) is 6. The van der Waals surface area contributed by atoms with E-state index in [1.165, 1.54) is 18.9 Å². The Balaban J connectivity index is 1.80. The number of nitrogens with two attached hydrogens (primary N) is 1. The predicted octanol–water partition coefficient (Wildman–Crippen LogP) is 3.14. The van der Waals surface area contributed by atoms with Crippen LogP contribution in [0.25, 0.3) is 5.69 Å². The van der Waals surface area contributed by atoms with Gasteiger partial charge in [-0.3, -0.25) is 9.59 Å². The van der Waals surface area contributed by atoms with Gasteiger partial charge >= 0.3 is 0 Å². The molecule has 0 fully saturated rings. The SMILES string of the molecule is COc1cc(C2SCC(=O)Nc3c2c(C)nn3-c2ccccc2C)ccc1OCC(N)=O. The third-order valence-electron chi connectivity index (χ3n) is 5.21. The van der Waals surface area contributed by atoms with Crippen LogP contribution >= 0.6 is 11.8 Å². The maximum absolute atomic E-state index is 12.6. The van der Waals surface area contributed by atoms with Crippen molar-refractivity contribution in [1.82, 2.24) is 9.78 Å². The Morgan fingerprint density at radius 3 is 2.75 bits per heavy atom. The number of nitrogens with one attached hydrogen (secondary N) is 1. The maximum atomic E-state index is 12.6. The second-order valence-corrected chi connectivity index (χ2v) is 8.54. The Bertz CT molecular complexity index is 1190. The van der Waals surface area contributed by atoms with Crippen LogP contribution in [0.15, 0.2) is 42.5 Å². The van der Waals surface area contributed by atoms with Crippen LogP contribution in [0.4, 0.5) is 5.82 Å². The van der Waals surface area contributed by atoms with Gasteiger partial charge in [-0.15, -0.1) is 11.8 Å². The van der Waals surface area contributed by atoms with Gasteiger partial charge in [-0.1, -0.05) is 24.3 Å². The molecule has 1 unspecified atom stereocenters. The van der Waals surface area contributed by atoms with Crippen molar-refractivity contribution >= 4 is 29.4 Å². The molecule has 0 radical (unpaired) electrons. The van der Waals surface area contributed by atoms with E-state index >= 15 is 0 Å². The van der Waals surface area contributed by atoms with Gasteiger partial charge in [0.25, 0.3) is 5.91 Å². The number of carbonyl (C=O) groups excluding carboxylic acids is 2. The predicted molar refractivity (Wildman–Crippen MR) is 124 cm³/mol. The van der Waals surface area contributed by atoms with Gasteiger partial charge in [0.05, 0.1) is 29.5 Å². The molecule has 9 heteroatoms. The Labute approximate surface area is 190 Å². The Morgan fingerprint density at radius 1 is 1.25 bits per heavy atom. The lowest BCUT2D eigenvalue weighted by Gasteiger charge is -2.18. The van der Waals surface area contributed by atoms with E-state index < -0.39 is 5.91 Å². The van der Waals surface area contributed by atoms with Crippen molar-refractivity contribution in [2.75, 3.05) is 24.8 Å². The molecule has 8 nitrogen and oxygen atoms in total. The number of aryl methyl sites for hydroxylation is 2. The number of carbonyl (C=O) groups is 2. The topological polar surface area (TPSA) is 108 Å². The molecule has 2 heterocycles. The molecule has 0 bridgehead atoms. The number of primary amides is 1. The summed E-state index contributed by atoms with van der Waals surface area (Å²) in [5.74, 6) is 1.24. The molecule has 1 aliphatic heterocycles. The number of amides is 2. The third kappa shape index (κ3) is 4.16. The number of aromatic nitrogens is 2. The molecule has 0 aliphatic carbocycles. The number of methoxy groups -OCH3 is 1. The fourth-order valence-corrected chi connectivity index (χ4v) is 4.92. The Hall–Kier alpha value is -3.46. The average molecular weight is 453 g/mol. The van der Waals surface area contributed by atoms with Crippen LogP contribution in [0.1, 0.15) is 27.6 Å². The van der Waals surface area contributed by atoms with Crippen molar-refractivity contribution in [3.63, 3.8) is 0 Å². The summed E-state index contributed by atoms with van der Waals surface area (Å²) in [7, 11) is 1.54. The number of nitrogens with zero attached hydrogens (tertiary/aromatic N) is 2. The lowest BCUT2D eigenvalue weighted by Crippen LogP contribution is -2.20. The monoisotopic (exact) mass is 452 g/mol. The van der Waals surface area contributed by atoms with Gasteiger partial charge in [0.15, 0.2) is 18.1 Å². The van der Waals surface area contributed by atoms with Crippen LogP contribution in [0.3, 0.4) is 0 Å². The molecule has 2 aromatic carbocycles. The van der Waals surface area contributed by atoms with Crippen LogP contribution in [0.5, 0.6) is 11.5 Å². The zero-order chi connectivity index (χ0) is 22.8. The van der Waals surface area contributed by atoms with Gasteiger partial charge in [-0.25, -0.2) is 4.68 Å². The van der Waals surface area contributed by atoms with E-state index in [2.05, 4.69) is 5.32 Å². The molecule has 3 N–H and O–H groups in total. The average Bonchev–Trinajstić information content (AvgIpc) is 2.97. The fourth-order valence-electron chi connectivity index (χ4n) is 3.74. The van der Waals surface area contributed by atoms with E-state index in [0.29, 0.717) is 23.1 Å². The second kappa shape index (κ2) is 8.96. The number of rotatable bonds is 6. The van der Waals surface area contributed by atoms with Gasteiger partial charge in [0, 0.05) is 5.56 Å². The third-order valence-corrected chi connectivity index (χ3v) is 6.48. The minimum Gasteiger partial charge on any atom is -0.493 e. The van der Waals surface area contributed by atoms with E-state index in [1.54, 1.807) is 10.7 Å². The first-order chi connectivity index (χ1) is 15.4. The molecule has 0 saturated carbocycles. The maximum Gasteiger partial charge on any atom is 0.255 e. The summed E-state index contributed by atoms with van der Waals surface area (Å²) in [6.07, 6.45) is 0. The van der Waals surface area contributed by atoms with Crippen LogP contribution < -0.4 is 20.5 Å². The first-order valence-corrected chi connectivity index (χ1v) is 11.1. The Morgan fingerprint density at radius 2 is 2.03 bits per heavy atom. The zero-order valence-electron chi connectivity index (χ0n) is 18.0. The standard InChI is InChI=1S/C23H24N4O4S/c1-13-6-4-5-7-16(13)27-23-21(14(2)26-27)22(32-12-20(29)25-23)15-8-9-17(18(10-15)30-3)31-11-19(24)28/h4-10,22H,11-12H2,1-3H3,(H2,24,28)(H,25,29). The normalized spacial score (nSPS) is 15.5. The molecular weight excluding hydrogens is 428 g/mol. The van der Waals surface area contributed by atoms with Gasteiger partial charge in [0.2, 0.25) is 5.91 Å². The van der Waals surface area contributed by atoms with Crippen molar-refractivity contribution < 1.29 is 19.1 Å². The largest absolute Gasteiger partial charge is 0.493 e. The van der Waals surface area contributed by atoms with Crippen LogP contribution in [-0.2, 0) is 9.59 Å². The molecule has 166 valence electrons. The van der Waals surface area contributed by atoms with E-state index in [1.807, 2.05) is 50.2 Å². The minimum atomic E-state index is -0.566. The fraction of sp³-hybridized carbons (Fsp3) is 0.261. The molecule has 0 spiro atoms. The molecule has 0 saturated heterocycles. The van der Waals surface area contributed by atoms with E-state index in [4.69, 9.17) is 20.3 Å². The first kappa shape index (κ1) is 21.8. The van der Waals surface area contributed by atoms with Crippen LogP contribution in [-0.4, -0.2) is 41.1 Å². The lowest BCUT2D eigenvalue weighted by atomic mass is 10.0. The molecule has 3 aromatic rings. The number of benzene rings is 2. The molecule has 4 rings (SSSR count). The molecule has 2 amide bonds. The van der Waals surface area contributed by atoms with Gasteiger partial charge in [0.1, 0.15) is 5.82 Å². The molecule has 32 heavy (non-hydrogen) atoms. The molecule has 1 aromatic heterocycles. The van der Waals surface area contributed by atoms with Crippen molar-refractivity contribution in [2.45, 2.75) is 19.1 Å². The lowest BCUT2D eigenvalue weighted by molar-refractivity contribution is -0.120. The summed E-state index contributed by atoms with van der Waals surface area (Å²) in [4.78, 5) is 23.6. The summed E-state index contributed by atoms with van der Waals surface area (Å²) >= 11 is 1.52. The van der Waals surface area contributed by atoms with Crippen molar-refractivity contribution in [3.8, 4) is 17.2 Å². The summed E-state index contributed by atoms with van der Waals surface area (Å²) in [5, 5.41) is 7.66. The van der Waals surface area contributed by atoms with E-state index in [0.717, 1.165) is 28.1 Å². The van der Waals surface area contributed by atoms with E-state index in [9.17, 15) is 9.59 Å². The number of fused-ring (bicyclic) bond motifs is 1. The first-order valence-electron chi connectivity index (χ1n) is 10.0. The highest BCUT2D eigenvalue weighted by Crippen LogP contribution is 2.45. The highest BCUT2D eigenvalue weighted by atomic mass is 32.2. The van der Waals surface area contributed by atoms with Gasteiger partial charge in [-0.05, 0) is 43.2 Å². The van der Waals surface area contributed by atoms with Gasteiger partial charge in [-0.2, -0.15) is 5.10 Å². The number of hydrogen-bond donors (Lipinski definition) is 2. The van der Waals surface area contributed by atoms with Crippen molar-refractivity contribution in [1.29, 1.82) is 0 Å².